The summed E-state index contributed by atoms with van der Waals surface area (Å²) in [5.41, 5.74) is 3.41. The van der Waals surface area contributed by atoms with Crippen molar-refractivity contribution in [1.82, 2.24) is 20.9 Å². The van der Waals surface area contributed by atoms with E-state index in [1.165, 1.54) is 43.3 Å². The van der Waals surface area contributed by atoms with Crippen LogP contribution in [-0.4, -0.2) is 49.5 Å². The molecule has 7 nitrogen and oxygen atoms in total. The molecule has 2 aromatic rings. The van der Waals surface area contributed by atoms with Gasteiger partial charge in [0.05, 0.1) is 12.8 Å². The molecule has 2 heterocycles. The third-order valence-corrected chi connectivity index (χ3v) is 5.39. The SMILES string of the molecule is CCNC(=NCc1ccc(CN2CCCC2)cc1)NCCCNC(=O)c1occc1C. The summed E-state index contributed by atoms with van der Waals surface area (Å²) in [5, 5.41) is 9.48. The van der Waals surface area contributed by atoms with Crippen molar-refractivity contribution in [1.29, 1.82) is 0 Å². The van der Waals surface area contributed by atoms with Crippen molar-refractivity contribution in [2.24, 2.45) is 4.99 Å². The smallest absolute Gasteiger partial charge is 0.287 e. The molecular formula is C24H35N5O2. The van der Waals surface area contributed by atoms with Gasteiger partial charge in [0.1, 0.15) is 0 Å². The highest BCUT2D eigenvalue weighted by molar-refractivity contribution is 5.92. The van der Waals surface area contributed by atoms with Gasteiger partial charge in [-0.15, -0.1) is 0 Å². The Kier molecular flexibility index (Phi) is 8.97. The topological polar surface area (TPSA) is 81.9 Å². The minimum Gasteiger partial charge on any atom is -0.459 e. The highest BCUT2D eigenvalue weighted by Gasteiger charge is 2.12. The third-order valence-electron chi connectivity index (χ3n) is 5.39. The number of likely N-dealkylation sites (tertiary alicyclic amines) is 1. The van der Waals surface area contributed by atoms with Gasteiger partial charge in [-0.2, -0.15) is 0 Å². The molecule has 0 radical (unpaired) electrons. The quantitative estimate of drug-likeness (QED) is 0.310. The van der Waals surface area contributed by atoms with Crippen LogP contribution in [-0.2, 0) is 13.1 Å². The first-order valence-electron chi connectivity index (χ1n) is 11.3. The van der Waals surface area contributed by atoms with Crippen LogP contribution in [0.4, 0.5) is 0 Å². The molecule has 1 aliphatic heterocycles. The van der Waals surface area contributed by atoms with Gasteiger partial charge in [-0.1, -0.05) is 24.3 Å². The van der Waals surface area contributed by atoms with E-state index in [1.807, 2.05) is 6.92 Å². The van der Waals surface area contributed by atoms with Crippen molar-refractivity contribution in [3.05, 3.63) is 59.0 Å². The second-order valence-corrected chi connectivity index (χ2v) is 7.96. The van der Waals surface area contributed by atoms with Crippen LogP contribution in [0, 0.1) is 6.92 Å². The number of carbonyl (C=O) groups is 1. The number of hydrogen-bond donors (Lipinski definition) is 3. The molecule has 7 heteroatoms. The maximum absolute atomic E-state index is 12.0. The summed E-state index contributed by atoms with van der Waals surface area (Å²) in [7, 11) is 0. The number of carbonyl (C=O) groups excluding carboxylic acids is 1. The van der Waals surface area contributed by atoms with Crippen LogP contribution in [0.5, 0.6) is 0 Å². The summed E-state index contributed by atoms with van der Waals surface area (Å²) in [4.78, 5) is 19.2. The molecule has 0 bridgehead atoms. The van der Waals surface area contributed by atoms with E-state index >= 15 is 0 Å². The van der Waals surface area contributed by atoms with E-state index in [-0.39, 0.29) is 5.91 Å². The number of aryl methyl sites for hydroxylation is 1. The molecule has 1 amide bonds. The average Bonchev–Trinajstić information content (AvgIpc) is 3.44. The van der Waals surface area contributed by atoms with Crippen molar-refractivity contribution >= 4 is 11.9 Å². The van der Waals surface area contributed by atoms with Crippen LogP contribution >= 0.6 is 0 Å². The van der Waals surface area contributed by atoms with Crippen LogP contribution in [0.25, 0.3) is 0 Å². The molecule has 168 valence electrons. The number of rotatable bonds is 10. The van der Waals surface area contributed by atoms with Crippen LogP contribution in [0.3, 0.4) is 0 Å². The van der Waals surface area contributed by atoms with E-state index < -0.39 is 0 Å². The summed E-state index contributed by atoms with van der Waals surface area (Å²) < 4.78 is 5.21. The third kappa shape index (κ3) is 7.43. The van der Waals surface area contributed by atoms with Crippen LogP contribution in [0.1, 0.15) is 53.4 Å². The van der Waals surface area contributed by atoms with Gasteiger partial charge < -0.3 is 20.4 Å². The fraction of sp³-hybridized carbons (Fsp3) is 0.500. The minimum absolute atomic E-state index is 0.170. The summed E-state index contributed by atoms with van der Waals surface area (Å²) in [6.07, 6.45) is 4.97. The fourth-order valence-electron chi connectivity index (χ4n) is 3.64. The average molecular weight is 426 g/mol. The second-order valence-electron chi connectivity index (χ2n) is 7.96. The lowest BCUT2D eigenvalue weighted by atomic mass is 10.1. The number of furan rings is 1. The Labute approximate surface area is 185 Å². The number of nitrogens with zero attached hydrogens (tertiary/aromatic N) is 2. The van der Waals surface area contributed by atoms with E-state index in [0.717, 1.165) is 37.6 Å². The van der Waals surface area contributed by atoms with Gasteiger partial charge in [0.25, 0.3) is 5.91 Å². The summed E-state index contributed by atoms with van der Waals surface area (Å²) >= 11 is 0. The summed E-state index contributed by atoms with van der Waals surface area (Å²) in [6, 6.07) is 10.6. The number of hydrogen-bond acceptors (Lipinski definition) is 4. The lowest BCUT2D eigenvalue weighted by Crippen LogP contribution is -2.38. The molecule has 1 aliphatic rings. The van der Waals surface area contributed by atoms with Gasteiger partial charge in [-0.3, -0.25) is 9.69 Å². The number of amides is 1. The van der Waals surface area contributed by atoms with Crippen molar-refractivity contribution in [2.45, 2.75) is 46.2 Å². The first kappa shape index (κ1) is 22.9. The maximum Gasteiger partial charge on any atom is 0.287 e. The summed E-state index contributed by atoms with van der Waals surface area (Å²) in [5.74, 6) is 1.00. The zero-order valence-electron chi connectivity index (χ0n) is 18.7. The van der Waals surface area contributed by atoms with Gasteiger partial charge >= 0.3 is 0 Å². The standard InChI is InChI=1S/C24H35N5O2/c1-3-25-24(27-13-6-12-26-23(30)22-19(2)11-16-31-22)28-17-20-7-9-21(10-8-20)18-29-14-4-5-15-29/h7-11,16H,3-6,12-15,17-18H2,1-2H3,(H,26,30)(H2,25,27,28). The molecule has 0 aliphatic carbocycles. The Hall–Kier alpha value is -2.80. The molecule has 1 aromatic heterocycles. The maximum atomic E-state index is 12.0. The largest absolute Gasteiger partial charge is 0.459 e. The van der Waals surface area contributed by atoms with Gasteiger partial charge in [0.2, 0.25) is 0 Å². The molecule has 1 fully saturated rings. The molecule has 31 heavy (non-hydrogen) atoms. The lowest BCUT2D eigenvalue weighted by molar-refractivity contribution is 0.0925. The van der Waals surface area contributed by atoms with E-state index in [0.29, 0.717) is 18.8 Å². The van der Waals surface area contributed by atoms with Crippen molar-refractivity contribution < 1.29 is 9.21 Å². The first-order chi connectivity index (χ1) is 15.2. The van der Waals surface area contributed by atoms with Gasteiger partial charge in [0, 0.05) is 31.7 Å². The fourth-order valence-corrected chi connectivity index (χ4v) is 3.64. The number of guanidine groups is 1. The second kappa shape index (κ2) is 12.2. The Morgan fingerprint density at radius 2 is 1.74 bits per heavy atom. The Balaban J connectivity index is 1.39. The number of benzene rings is 1. The van der Waals surface area contributed by atoms with Crippen LogP contribution in [0.15, 0.2) is 46.0 Å². The minimum atomic E-state index is -0.170. The van der Waals surface area contributed by atoms with Gasteiger partial charge in [-0.05, 0) is 63.4 Å². The van der Waals surface area contributed by atoms with Gasteiger partial charge in [-0.25, -0.2) is 4.99 Å². The molecule has 0 atom stereocenters. The molecule has 1 aromatic carbocycles. The van der Waals surface area contributed by atoms with E-state index in [4.69, 9.17) is 4.42 Å². The molecule has 3 rings (SSSR count). The lowest BCUT2D eigenvalue weighted by Gasteiger charge is -2.14. The van der Waals surface area contributed by atoms with Crippen LogP contribution < -0.4 is 16.0 Å². The highest BCUT2D eigenvalue weighted by Crippen LogP contribution is 2.13. The van der Waals surface area contributed by atoms with Gasteiger partial charge in [0.15, 0.2) is 11.7 Å². The highest BCUT2D eigenvalue weighted by atomic mass is 16.3. The van der Waals surface area contributed by atoms with E-state index in [2.05, 4.69) is 57.0 Å². The molecule has 0 spiro atoms. The molecule has 3 N–H and O–H groups in total. The van der Waals surface area contributed by atoms with E-state index in [1.54, 1.807) is 6.07 Å². The summed E-state index contributed by atoms with van der Waals surface area (Å²) in [6.45, 7) is 10.1. The monoisotopic (exact) mass is 425 g/mol. The zero-order valence-corrected chi connectivity index (χ0v) is 18.7. The zero-order chi connectivity index (χ0) is 21.9. The Morgan fingerprint density at radius 3 is 2.42 bits per heavy atom. The Bertz CT molecular complexity index is 838. The van der Waals surface area contributed by atoms with Crippen molar-refractivity contribution in [3.8, 4) is 0 Å². The predicted molar refractivity (Wildman–Crippen MR) is 124 cm³/mol. The molecule has 0 unspecified atom stereocenters. The molecular weight excluding hydrogens is 390 g/mol. The van der Waals surface area contributed by atoms with Crippen molar-refractivity contribution in [3.63, 3.8) is 0 Å². The Morgan fingerprint density at radius 1 is 1.03 bits per heavy atom. The molecule has 0 saturated carbocycles. The first-order valence-corrected chi connectivity index (χ1v) is 11.3. The van der Waals surface area contributed by atoms with E-state index in [9.17, 15) is 4.79 Å². The van der Waals surface area contributed by atoms with Crippen LogP contribution in [0.2, 0.25) is 0 Å². The number of aliphatic imine (C=N–C) groups is 1. The normalized spacial score (nSPS) is 14.6. The predicted octanol–water partition coefficient (Wildman–Crippen LogP) is 3.06. The number of nitrogens with one attached hydrogen (secondary N) is 3. The molecule has 1 saturated heterocycles. The van der Waals surface area contributed by atoms with Crippen molar-refractivity contribution in [2.75, 3.05) is 32.7 Å².